The standard InChI is InChI=1S/C11H19NO3S/c1-7(6-16-5)12(4)10(13)8(2)9(3)11(14)15/h7H,6H2,1-5H3,(H,14,15). The van der Waals surface area contributed by atoms with Crippen molar-refractivity contribution in [2.45, 2.75) is 26.8 Å². The maximum atomic E-state index is 11.9. The van der Waals surface area contributed by atoms with Gasteiger partial charge in [0.1, 0.15) is 0 Å². The van der Waals surface area contributed by atoms with Crippen LogP contribution in [0.15, 0.2) is 11.1 Å². The van der Waals surface area contributed by atoms with E-state index in [1.165, 1.54) is 6.92 Å². The van der Waals surface area contributed by atoms with Gasteiger partial charge in [-0.1, -0.05) is 0 Å². The first-order valence-corrected chi connectivity index (χ1v) is 6.39. The molecule has 16 heavy (non-hydrogen) atoms. The van der Waals surface area contributed by atoms with Gasteiger partial charge in [-0.25, -0.2) is 4.79 Å². The van der Waals surface area contributed by atoms with Gasteiger partial charge in [0.25, 0.3) is 0 Å². The number of thioether (sulfide) groups is 1. The Hall–Kier alpha value is -0.970. The number of carbonyl (C=O) groups excluding carboxylic acids is 1. The molecule has 92 valence electrons. The quantitative estimate of drug-likeness (QED) is 0.748. The highest BCUT2D eigenvalue weighted by molar-refractivity contribution is 7.98. The number of amides is 1. The average Bonchev–Trinajstić information content (AvgIpc) is 2.25. The van der Waals surface area contributed by atoms with Crippen LogP contribution in [-0.2, 0) is 9.59 Å². The summed E-state index contributed by atoms with van der Waals surface area (Å²) in [6.07, 6.45) is 1.97. The second kappa shape index (κ2) is 6.58. The molecular formula is C11H19NO3S. The van der Waals surface area contributed by atoms with Gasteiger partial charge >= 0.3 is 5.97 Å². The van der Waals surface area contributed by atoms with Gasteiger partial charge in [0.15, 0.2) is 0 Å². The molecule has 1 N–H and O–H groups in total. The van der Waals surface area contributed by atoms with Gasteiger partial charge < -0.3 is 10.0 Å². The van der Waals surface area contributed by atoms with Crippen LogP contribution < -0.4 is 0 Å². The molecule has 0 aromatic heterocycles. The van der Waals surface area contributed by atoms with Gasteiger partial charge in [0.05, 0.1) is 0 Å². The van der Waals surface area contributed by atoms with Crippen molar-refractivity contribution in [1.82, 2.24) is 4.90 Å². The fourth-order valence-electron chi connectivity index (χ4n) is 1.14. The first-order valence-electron chi connectivity index (χ1n) is 4.99. The minimum Gasteiger partial charge on any atom is -0.478 e. The fourth-order valence-corrected chi connectivity index (χ4v) is 1.84. The van der Waals surface area contributed by atoms with Crippen molar-refractivity contribution < 1.29 is 14.7 Å². The fraction of sp³-hybridized carbons (Fsp3) is 0.636. The number of hydrogen-bond acceptors (Lipinski definition) is 3. The Morgan fingerprint density at radius 2 is 1.81 bits per heavy atom. The topological polar surface area (TPSA) is 57.6 Å². The first kappa shape index (κ1) is 15.0. The van der Waals surface area contributed by atoms with Crippen molar-refractivity contribution in [3.8, 4) is 0 Å². The van der Waals surface area contributed by atoms with Gasteiger partial charge in [0.2, 0.25) is 5.91 Å². The molecule has 1 amide bonds. The van der Waals surface area contributed by atoms with E-state index in [2.05, 4.69) is 0 Å². The largest absolute Gasteiger partial charge is 0.478 e. The smallest absolute Gasteiger partial charge is 0.331 e. The molecule has 4 nitrogen and oxygen atoms in total. The highest BCUT2D eigenvalue weighted by Crippen LogP contribution is 2.11. The van der Waals surface area contributed by atoms with E-state index in [0.717, 1.165) is 5.75 Å². The van der Waals surface area contributed by atoms with Crippen molar-refractivity contribution in [2.75, 3.05) is 19.1 Å². The SMILES string of the molecule is CSCC(C)N(C)C(=O)C(C)=C(C)C(=O)O. The summed E-state index contributed by atoms with van der Waals surface area (Å²) in [6, 6.07) is 0.0963. The number of carboxylic acids is 1. The molecule has 0 saturated heterocycles. The summed E-state index contributed by atoms with van der Waals surface area (Å²) in [5.41, 5.74) is 0.399. The van der Waals surface area contributed by atoms with Gasteiger partial charge in [-0.05, 0) is 27.0 Å². The molecule has 0 spiro atoms. The van der Waals surface area contributed by atoms with Crippen LogP contribution in [0, 0.1) is 0 Å². The van der Waals surface area contributed by atoms with Crippen LogP contribution in [0.3, 0.4) is 0 Å². The molecule has 0 aliphatic rings. The van der Waals surface area contributed by atoms with Gasteiger partial charge in [-0.3, -0.25) is 4.79 Å². The number of carboxylic acid groups (broad SMARTS) is 1. The van der Waals surface area contributed by atoms with E-state index in [0.29, 0.717) is 5.57 Å². The monoisotopic (exact) mass is 245 g/mol. The Labute approximate surface area is 101 Å². The summed E-state index contributed by atoms with van der Waals surface area (Å²) < 4.78 is 0. The normalized spacial score (nSPS) is 14.1. The molecule has 0 rings (SSSR count). The number of carbonyl (C=O) groups is 2. The summed E-state index contributed by atoms with van der Waals surface area (Å²) in [6.45, 7) is 4.94. The van der Waals surface area contributed by atoms with Crippen molar-refractivity contribution in [1.29, 1.82) is 0 Å². The zero-order valence-electron chi connectivity index (χ0n) is 10.4. The molecule has 0 heterocycles. The Balaban J connectivity index is 4.80. The molecule has 5 heteroatoms. The lowest BCUT2D eigenvalue weighted by Gasteiger charge is -2.25. The second-order valence-electron chi connectivity index (χ2n) is 3.78. The van der Waals surface area contributed by atoms with E-state index in [4.69, 9.17) is 5.11 Å². The van der Waals surface area contributed by atoms with Crippen LogP contribution in [0.4, 0.5) is 0 Å². The third kappa shape index (κ3) is 3.89. The van der Waals surface area contributed by atoms with Crippen LogP contribution >= 0.6 is 11.8 Å². The molecule has 0 fully saturated rings. The summed E-state index contributed by atoms with van der Waals surface area (Å²) in [4.78, 5) is 24.2. The number of rotatable bonds is 5. The van der Waals surface area contributed by atoms with Crippen LogP contribution in [0.1, 0.15) is 20.8 Å². The van der Waals surface area contributed by atoms with Crippen LogP contribution in [0.25, 0.3) is 0 Å². The number of aliphatic carboxylic acids is 1. The molecule has 0 radical (unpaired) electrons. The first-order chi connectivity index (χ1) is 7.32. The predicted molar refractivity (Wildman–Crippen MR) is 66.6 cm³/mol. The van der Waals surface area contributed by atoms with E-state index < -0.39 is 5.97 Å². The number of likely N-dealkylation sites (N-methyl/N-ethyl adjacent to an activating group) is 1. The molecule has 1 unspecified atom stereocenters. The number of nitrogens with zero attached hydrogens (tertiary/aromatic N) is 1. The van der Waals surface area contributed by atoms with E-state index in [-0.39, 0.29) is 17.5 Å². The maximum absolute atomic E-state index is 11.9. The summed E-state index contributed by atoms with van der Waals surface area (Å²) >= 11 is 1.66. The van der Waals surface area contributed by atoms with Gasteiger partial charge in [0, 0.05) is 30.0 Å². The summed E-state index contributed by atoms with van der Waals surface area (Å²) in [7, 11) is 1.70. The van der Waals surface area contributed by atoms with E-state index in [1.54, 1.807) is 30.6 Å². The third-order valence-electron chi connectivity index (χ3n) is 2.59. The molecule has 0 aliphatic heterocycles. The van der Waals surface area contributed by atoms with Gasteiger partial charge in [-0.2, -0.15) is 11.8 Å². The molecule has 0 aromatic rings. The van der Waals surface area contributed by atoms with Crippen molar-refractivity contribution in [2.24, 2.45) is 0 Å². The zero-order valence-corrected chi connectivity index (χ0v) is 11.2. The molecular weight excluding hydrogens is 226 g/mol. The van der Waals surface area contributed by atoms with E-state index in [1.807, 2.05) is 13.2 Å². The Morgan fingerprint density at radius 3 is 2.19 bits per heavy atom. The van der Waals surface area contributed by atoms with Crippen LogP contribution in [-0.4, -0.2) is 47.0 Å². The Bertz CT molecular complexity index is 312. The lowest BCUT2D eigenvalue weighted by Crippen LogP contribution is -2.37. The molecule has 0 saturated carbocycles. The molecule has 1 atom stereocenters. The Morgan fingerprint density at radius 1 is 1.31 bits per heavy atom. The van der Waals surface area contributed by atoms with Crippen LogP contribution in [0.2, 0.25) is 0 Å². The minimum absolute atomic E-state index is 0.0963. The lowest BCUT2D eigenvalue weighted by molar-refractivity contribution is -0.134. The predicted octanol–water partition coefficient (Wildman–Crippen LogP) is 1.62. The van der Waals surface area contributed by atoms with Crippen molar-refractivity contribution in [3.63, 3.8) is 0 Å². The van der Waals surface area contributed by atoms with Crippen molar-refractivity contribution in [3.05, 3.63) is 11.1 Å². The van der Waals surface area contributed by atoms with Gasteiger partial charge in [-0.15, -0.1) is 0 Å². The Kier molecular flexibility index (Phi) is 6.18. The second-order valence-corrected chi connectivity index (χ2v) is 4.69. The van der Waals surface area contributed by atoms with E-state index in [9.17, 15) is 9.59 Å². The summed E-state index contributed by atoms with van der Waals surface area (Å²) in [5.74, 6) is -0.431. The molecule has 0 aliphatic carbocycles. The summed E-state index contributed by atoms with van der Waals surface area (Å²) in [5, 5.41) is 8.79. The van der Waals surface area contributed by atoms with Crippen LogP contribution in [0.5, 0.6) is 0 Å². The average molecular weight is 245 g/mol. The van der Waals surface area contributed by atoms with Crippen molar-refractivity contribution >= 4 is 23.6 Å². The maximum Gasteiger partial charge on any atom is 0.331 e. The molecule has 0 aromatic carbocycles. The minimum atomic E-state index is -1.04. The number of hydrogen-bond donors (Lipinski definition) is 1. The molecule has 0 bridgehead atoms. The highest BCUT2D eigenvalue weighted by Gasteiger charge is 2.19. The third-order valence-corrected chi connectivity index (χ3v) is 3.41. The lowest BCUT2D eigenvalue weighted by atomic mass is 10.1. The highest BCUT2D eigenvalue weighted by atomic mass is 32.2. The zero-order chi connectivity index (χ0) is 12.9. The van der Waals surface area contributed by atoms with E-state index >= 15 is 0 Å².